The number of nitrogens with two attached hydrogens (primary N) is 1. The highest BCUT2D eigenvalue weighted by Gasteiger charge is 2.20. The van der Waals surface area contributed by atoms with Crippen LogP contribution in [-0.4, -0.2) is 33.3 Å². The molecular weight excluding hydrogens is 300 g/mol. The number of aromatic nitrogens is 2. The van der Waals surface area contributed by atoms with E-state index in [9.17, 15) is 4.79 Å². The molecule has 1 aliphatic rings. The SMILES string of the molecule is CCN(CC)C(=O)c1ccn2c(CC3CCCCC3)c(N)nc2c1. The molecule has 5 heteroatoms. The Kier molecular flexibility index (Phi) is 5.07. The van der Waals surface area contributed by atoms with Gasteiger partial charge < -0.3 is 15.0 Å². The number of hydrogen-bond donors (Lipinski definition) is 1. The van der Waals surface area contributed by atoms with Crippen molar-refractivity contribution in [3.05, 3.63) is 29.6 Å². The summed E-state index contributed by atoms with van der Waals surface area (Å²) >= 11 is 0. The molecule has 1 saturated carbocycles. The van der Waals surface area contributed by atoms with Crippen LogP contribution in [0.15, 0.2) is 18.3 Å². The summed E-state index contributed by atoms with van der Waals surface area (Å²) in [6.45, 7) is 5.42. The average molecular weight is 328 g/mol. The van der Waals surface area contributed by atoms with E-state index >= 15 is 0 Å². The normalized spacial score (nSPS) is 15.8. The molecule has 0 spiro atoms. The van der Waals surface area contributed by atoms with Gasteiger partial charge in [0.05, 0.1) is 5.69 Å². The molecule has 1 aliphatic carbocycles. The molecule has 3 rings (SSSR count). The molecule has 2 heterocycles. The fraction of sp³-hybridized carbons (Fsp3) is 0.579. The summed E-state index contributed by atoms with van der Waals surface area (Å²) in [4.78, 5) is 18.8. The van der Waals surface area contributed by atoms with Crippen LogP contribution in [0.3, 0.4) is 0 Å². The molecular formula is C19H28N4O. The van der Waals surface area contributed by atoms with E-state index < -0.39 is 0 Å². The topological polar surface area (TPSA) is 63.6 Å². The zero-order valence-electron chi connectivity index (χ0n) is 14.8. The Balaban J connectivity index is 1.87. The Morgan fingerprint density at radius 3 is 2.67 bits per heavy atom. The van der Waals surface area contributed by atoms with E-state index in [4.69, 9.17) is 5.73 Å². The molecule has 0 bridgehead atoms. The van der Waals surface area contributed by atoms with E-state index in [1.807, 2.05) is 37.1 Å². The summed E-state index contributed by atoms with van der Waals surface area (Å²) < 4.78 is 2.06. The first-order valence-electron chi connectivity index (χ1n) is 9.19. The van der Waals surface area contributed by atoms with Gasteiger partial charge in [-0.15, -0.1) is 0 Å². The summed E-state index contributed by atoms with van der Waals surface area (Å²) in [5.74, 6) is 1.36. The predicted molar refractivity (Wildman–Crippen MR) is 97.1 cm³/mol. The zero-order chi connectivity index (χ0) is 17.1. The maximum Gasteiger partial charge on any atom is 0.254 e. The van der Waals surface area contributed by atoms with E-state index in [0.29, 0.717) is 30.4 Å². The smallest absolute Gasteiger partial charge is 0.254 e. The van der Waals surface area contributed by atoms with Gasteiger partial charge in [0.15, 0.2) is 0 Å². The second-order valence-corrected chi connectivity index (χ2v) is 6.77. The van der Waals surface area contributed by atoms with Crippen molar-refractivity contribution in [3.8, 4) is 0 Å². The highest BCUT2D eigenvalue weighted by molar-refractivity contribution is 5.95. The maximum absolute atomic E-state index is 12.5. The minimum absolute atomic E-state index is 0.0536. The van der Waals surface area contributed by atoms with Crippen molar-refractivity contribution in [3.63, 3.8) is 0 Å². The number of amides is 1. The molecule has 2 N–H and O–H groups in total. The second kappa shape index (κ2) is 7.24. The van der Waals surface area contributed by atoms with Crippen molar-refractivity contribution in [1.82, 2.24) is 14.3 Å². The van der Waals surface area contributed by atoms with Crippen molar-refractivity contribution in [2.75, 3.05) is 18.8 Å². The van der Waals surface area contributed by atoms with Gasteiger partial charge in [-0.3, -0.25) is 4.79 Å². The van der Waals surface area contributed by atoms with Crippen LogP contribution in [0.4, 0.5) is 5.82 Å². The molecule has 5 nitrogen and oxygen atoms in total. The highest BCUT2D eigenvalue weighted by Crippen LogP contribution is 2.29. The lowest BCUT2D eigenvalue weighted by Crippen LogP contribution is -2.30. The maximum atomic E-state index is 12.5. The van der Waals surface area contributed by atoms with Gasteiger partial charge >= 0.3 is 0 Å². The number of imidazole rings is 1. The molecule has 0 aromatic carbocycles. The van der Waals surface area contributed by atoms with Crippen molar-refractivity contribution < 1.29 is 4.79 Å². The summed E-state index contributed by atoms with van der Waals surface area (Å²) in [6.07, 6.45) is 9.50. The summed E-state index contributed by atoms with van der Waals surface area (Å²) in [5.41, 5.74) is 8.73. The highest BCUT2D eigenvalue weighted by atomic mass is 16.2. The molecule has 0 radical (unpaired) electrons. The number of hydrogen-bond acceptors (Lipinski definition) is 3. The van der Waals surface area contributed by atoms with E-state index in [2.05, 4.69) is 9.38 Å². The Hall–Kier alpha value is -2.04. The van der Waals surface area contributed by atoms with E-state index in [-0.39, 0.29) is 5.91 Å². The van der Waals surface area contributed by atoms with Crippen LogP contribution >= 0.6 is 0 Å². The van der Waals surface area contributed by atoms with Crippen LogP contribution in [0, 0.1) is 5.92 Å². The average Bonchev–Trinajstić information content (AvgIpc) is 2.91. The van der Waals surface area contributed by atoms with Crippen molar-refractivity contribution in [2.45, 2.75) is 52.4 Å². The largest absolute Gasteiger partial charge is 0.382 e. The fourth-order valence-electron chi connectivity index (χ4n) is 3.81. The minimum Gasteiger partial charge on any atom is -0.382 e. The van der Waals surface area contributed by atoms with Crippen LogP contribution in [0.1, 0.15) is 62.0 Å². The van der Waals surface area contributed by atoms with Crippen LogP contribution in [0.2, 0.25) is 0 Å². The van der Waals surface area contributed by atoms with Crippen LogP contribution < -0.4 is 5.73 Å². The van der Waals surface area contributed by atoms with Crippen molar-refractivity contribution >= 4 is 17.4 Å². The molecule has 0 unspecified atom stereocenters. The van der Waals surface area contributed by atoms with Crippen molar-refractivity contribution in [1.29, 1.82) is 0 Å². The number of nitrogen functional groups attached to an aromatic ring is 1. The molecule has 0 saturated heterocycles. The number of rotatable bonds is 5. The summed E-state index contributed by atoms with van der Waals surface area (Å²) in [7, 11) is 0. The molecule has 2 aromatic heterocycles. The third-order valence-corrected chi connectivity index (χ3v) is 5.26. The Morgan fingerprint density at radius 2 is 2.00 bits per heavy atom. The Labute approximate surface area is 143 Å². The molecule has 1 amide bonds. The molecule has 0 aliphatic heterocycles. The lowest BCUT2D eigenvalue weighted by atomic mass is 9.86. The first-order valence-corrected chi connectivity index (χ1v) is 9.19. The Morgan fingerprint density at radius 1 is 1.29 bits per heavy atom. The van der Waals surface area contributed by atoms with Gasteiger partial charge in [-0.25, -0.2) is 4.98 Å². The third-order valence-electron chi connectivity index (χ3n) is 5.26. The molecule has 130 valence electrons. The van der Waals surface area contributed by atoms with Gasteiger partial charge in [0.2, 0.25) is 0 Å². The summed E-state index contributed by atoms with van der Waals surface area (Å²) in [5, 5.41) is 0. The minimum atomic E-state index is 0.0536. The molecule has 0 atom stereocenters. The van der Waals surface area contributed by atoms with Gasteiger partial charge in [0.1, 0.15) is 11.5 Å². The quantitative estimate of drug-likeness (QED) is 0.913. The third kappa shape index (κ3) is 3.25. The molecule has 24 heavy (non-hydrogen) atoms. The van der Waals surface area contributed by atoms with Crippen molar-refractivity contribution in [2.24, 2.45) is 5.92 Å². The first-order chi connectivity index (χ1) is 11.6. The van der Waals surface area contributed by atoms with Crippen LogP contribution in [0.5, 0.6) is 0 Å². The first kappa shape index (κ1) is 16.8. The van der Waals surface area contributed by atoms with E-state index in [1.54, 1.807) is 0 Å². The van der Waals surface area contributed by atoms with Gasteiger partial charge in [-0.05, 0) is 38.3 Å². The van der Waals surface area contributed by atoms with Gasteiger partial charge in [0.25, 0.3) is 5.91 Å². The number of fused-ring (bicyclic) bond motifs is 1. The number of carbonyl (C=O) groups is 1. The monoisotopic (exact) mass is 328 g/mol. The van der Waals surface area contributed by atoms with Gasteiger partial charge in [0, 0.05) is 24.8 Å². The molecule has 2 aromatic rings. The van der Waals surface area contributed by atoms with Crippen LogP contribution in [0.25, 0.3) is 5.65 Å². The van der Waals surface area contributed by atoms with Gasteiger partial charge in [-0.1, -0.05) is 32.1 Å². The predicted octanol–water partition coefficient (Wildman–Crippen LogP) is 3.52. The Bertz CT molecular complexity index is 711. The zero-order valence-corrected chi connectivity index (χ0v) is 14.8. The number of nitrogens with zero attached hydrogens (tertiary/aromatic N) is 3. The van der Waals surface area contributed by atoms with E-state index in [0.717, 1.165) is 17.8 Å². The summed E-state index contributed by atoms with van der Waals surface area (Å²) in [6, 6.07) is 3.75. The number of pyridine rings is 1. The van der Waals surface area contributed by atoms with Crippen LogP contribution in [-0.2, 0) is 6.42 Å². The number of anilines is 1. The fourth-order valence-corrected chi connectivity index (χ4v) is 3.81. The molecule has 1 fully saturated rings. The lowest BCUT2D eigenvalue weighted by Gasteiger charge is -2.21. The number of carbonyl (C=O) groups excluding carboxylic acids is 1. The van der Waals surface area contributed by atoms with E-state index in [1.165, 1.54) is 32.1 Å². The second-order valence-electron chi connectivity index (χ2n) is 6.77. The standard InChI is InChI=1S/C19H28N4O/c1-3-22(4-2)19(24)15-10-11-23-16(18(20)21-17(23)13-15)12-14-8-6-5-7-9-14/h10-11,13-14H,3-9,12,20H2,1-2H3. The van der Waals surface area contributed by atoms with Gasteiger partial charge in [-0.2, -0.15) is 0 Å². The lowest BCUT2D eigenvalue weighted by molar-refractivity contribution is 0.0773.